The van der Waals surface area contributed by atoms with Crippen molar-refractivity contribution >= 4 is 124 Å². The van der Waals surface area contributed by atoms with Crippen LogP contribution < -0.4 is 15.0 Å². The van der Waals surface area contributed by atoms with Crippen molar-refractivity contribution in [3.8, 4) is 0 Å². The van der Waals surface area contributed by atoms with Crippen LogP contribution >= 0.6 is 0 Å². The number of benzene rings is 9. The van der Waals surface area contributed by atoms with Crippen LogP contribution in [0.4, 0.5) is 34.1 Å². The minimum atomic E-state index is -1.72. The summed E-state index contributed by atoms with van der Waals surface area (Å²) in [6, 6.07) is 41.5. The van der Waals surface area contributed by atoms with E-state index < -0.39 is 44.3 Å². The van der Waals surface area contributed by atoms with Gasteiger partial charge in [0, 0.05) is 65.8 Å². The summed E-state index contributed by atoms with van der Waals surface area (Å²) in [5.41, 5.74) is 9.67. The summed E-state index contributed by atoms with van der Waals surface area (Å²) in [6.45, 7) is 8.83. The first kappa shape index (κ1) is 27.4. The van der Waals surface area contributed by atoms with E-state index in [0.717, 1.165) is 81.8 Å². The van der Waals surface area contributed by atoms with E-state index in [9.17, 15) is 2.74 Å². The first-order valence-electron chi connectivity index (χ1n) is 26.2. The molecule has 0 fully saturated rings. The van der Waals surface area contributed by atoms with Crippen molar-refractivity contribution in [2.75, 3.05) is 9.80 Å². The number of hydrogen-bond donors (Lipinski definition) is 0. The van der Waals surface area contributed by atoms with Gasteiger partial charge in [-0.2, -0.15) is 0 Å². The van der Waals surface area contributed by atoms with Crippen molar-refractivity contribution in [2.24, 2.45) is 0 Å². The maximum absolute atomic E-state index is 9.24. The van der Waals surface area contributed by atoms with E-state index in [1.165, 1.54) is 5.19 Å². The number of aromatic nitrogens is 2. The van der Waals surface area contributed by atoms with E-state index >= 15 is 0 Å². The van der Waals surface area contributed by atoms with Crippen molar-refractivity contribution in [1.82, 2.24) is 8.80 Å². The first-order chi connectivity index (χ1) is 35.0. The lowest BCUT2D eigenvalue weighted by Crippen LogP contribution is -2.37. The minimum absolute atomic E-state index is 0.0662. The molecule has 0 saturated carbocycles. The van der Waals surface area contributed by atoms with Gasteiger partial charge in [-0.25, -0.2) is 0 Å². The third-order valence-electron chi connectivity index (χ3n) is 12.9. The third kappa shape index (κ3) is 5.14. The van der Waals surface area contributed by atoms with Crippen LogP contribution in [0.2, 0.25) is 19.6 Å². The molecule has 0 spiro atoms. The van der Waals surface area contributed by atoms with Gasteiger partial charge in [0.25, 0.3) is 0 Å². The summed E-state index contributed by atoms with van der Waals surface area (Å²) < 4.78 is 93.1. The largest absolute Gasteiger partial charge is 0.310 e. The zero-order valence-corrected chi connectivity index (χ0v) is 36.0. The summed E-state index contributed by atoms with van der Waals surface area (Å²) in [5.74, 6) is 0. The molecule has 13 aromatic rings. The molecule has 300 valence electrons. The Hall–Kier alpha value is -7.60. The summed E-state index contributed by atoms with van der Waals surface area (Å²) in [6.07, 6.45) is 0. The van der Waals surface area contributed by atoms with Crippen LogP contribution in [0.1, 0.15) is 19.3 Å². The predicted molar refractivity (Wildman–Crippen MR) is 273 cm³/mol. The normalized spacial score (nSPS) is 14.7. The van der Waals surface area contributed by atoms with Crippen LogP contribution in [0, 0.1) is 6.92 Å². The third-order valence-corrected chi connectivity index (χ3v) is 15.0. The van der Waals surface area contributed by atoms with Gasteiger partial charge in [-0.1, -0.05) is 139 Å². The van der Waals surface area contributed by atoms with Crippen LogP contribution in [-0.2, 0) is 0 Å². The van der Waals surface area contributed by atoms with Crippen LogP contribution in [-0.4, -0.2) is 16.9 Å². The Labute approximate surface area is 380 Å². The van der Waals surface area contributed by atoms with Crippen molar-refractivity contribution in [2.45, 2.75) is 26.6 Å². The van der Waals surface area contributed by atoms with Gasteiger partial charge in [-0.05, 0) is 91.8 Å². The number of hydrogen-bond acceptors (Lipinski definition) is 2. The molecule has 0 amide bonds. The highest BCUT2D eigenvalue weighted by Gasteiger charge is 2.27. The molecule has 0 aliphatic rings. The molecule has 0 atom stereocenters. The average Bonchev–Trinajstić information content (AvgIpc) is 4.12. The summed E-state index contributed by atoms with van der Waals surface area (Å²) in [5, 5.41) is 9.04. The van der Waals surface area contributed by atoms with E-state index in [2.05, 4.69) is 101 Å². The second kappa shape index (κ2) is 13.2. The molecule has 0 saturated heterocycles. The van der Waals surface area contributed by atoms with E-state index in [1.54, 1.807) is 4.90 Å². The standard InChI is InChI=1S/C58H44N4Si/c1-37-27-29-40(30-28-37)59(38-15-7-5-8-16-38)49-23-13-25-51-55(49)45-21-11-19-43-47-36-54-48(35-53(47)61(51)57(43)45)44-20-12-22-46-56-50(24-14-26-52(56)62(54)58(44)46)60(39-17-9-6-10-18-39)41-31-33-42(34-32-41)63(2,3)4/h5-36H,1-4H3/i5D,6D,7D,8D,9D,10D,15D,16D,17D,18D. The van der Waals surface area contributed by atoms with Gasteiger partial charge in [0.1, 0.15) is 0 Å². The quantitative estimate of drug-likeness (QED) is 0.149. The number of nitrogens with zero attached hydrogens (tertiary/aromatic N) is 4. The van der Waals surface area contributed by atoms with Gasteiger partial charge >= 0.3 is 0 Å². The van der Waals surface area contributed by atoms with Gasteiger partial charge in [0.05, 0.1) is 66.3 Å². The molecule has 0 aliphatic heterocycles. The van der Waals surface area contributed by atoms with Crippen molar-refractivity contribution in [3.63, 3.8) is 0 Å². The maximum atomic E-state index is 9.24. The topological polar surface area (TPSA) is 15.3 Å². The summed E-state index contributed by atoms with van der Waals surface area (Å²) in [7, 11) is -1.72. The van der Waals surface area contributed by atoms with Crippen molar-refractivity contribution < 1.29 is 13.7 Å². The fourth-order valence-corrected chi connectivity index (χ4v) is 11.3. The number of para-hydroxylation sites is 4. The highest BCUT2D eigenvalue weighted by molar-refractivity contribution is 6.88. The van der Waals surface area contributed by atoms with E-state index in [0.29, 0.717) is 22.7 Å². The fraction of sp³-hybridized carbons (Fsp3) is 0.0690. The molecule has 13 rings (SSSR count). The smallest absolute Gasteiger partial charge is 0.0775 e. The van der Waals surface area contributed by atoms with Gasteiger partial charge in [-0.3, -0.25) is 0 Å². The molecule has 0 bridgehead atoms. The van der Waals surface area contributed by atoms with Gasteiger partial charge in [-0.15, -0.1) is 0 Å². The lowest BCUT2D eigenvalue weighted by atomic mass is 10.0. The fourth-order valence-electron chi connectivity index (χ4n) is 10.2. The Morgan fingerprint density at radius 2 is 0.825 bits per heavy atom. The molecule has 9 aromatic carbocycles. The van der Waals surface area contributed by atoms with E-state index in [-0.39, 0.29) is 35.5 Å². The molecule has 0 N–H and O–H groups in total. The minimum Gasteiger partial charge on any atom is -0.310 e. The Morgan fingerprint density at radius 1 is 0.413 bits per heavy atom. The highest BCUT2D eigenvalue weighted by Crippen LogP contribution is 2.50. The van der Waals surface area contributed by atoms with E-state index in [1.807, 2.05) is 72.5 Å². The van der Waals surface area contributed by atoms with Crippen LogP contribution in [0.25, 0.3) is 76.2 Å². The lowest BCUT2D eigenvalue weighted by Gasteiger charge is -2.27. The molecule has 0 radical (unpaired) electrons. The number of aryl methyl sites for hydroxylation is 1. The lowest BCUT2D eigenvalue weighted by molar-refractivity contribution is 1.29. The molecule has 63 heavy (non-hydrogen) atoms. The van der Waals surface area contributed by atoms with E-state index in [4.69, 9.17) is 11.0 Å². The first-order valence-corrected chi connectivity index (χ1v) is 24.7. The predicted octanol–water partition coefficient (Wildman–Crippen LogP) is 15.8. The Kier molecular flexibility index (Phi) is 5.73. The monoisotopic (exact) mass is 834 g/mol. The molecule has 4 aromatic heterocycles. The van der Waals surface area contributed by atoms with Crippen molar-refractivity contribution in [1.29, 1.82) is 0 Å². The summed E-state index contributed by atoms with van der Waals surface area (Å²) >= 11 is 0. The Morgan fingerprint density at radius 3 is 1.27 bits per heavy atom. The molecular formula is C58H44N4Si. The SMILES string of the molecule is [2H]c1c([2H])c([2H])c(N(c2ccc(C)cc2)c2cccc3c2c2cccc4c5cc6c(cc5n3c42)c2cccc3c4c(N(c5ccc([Si](C)(C)C)cc5)c5c([2H])c([2H])c([2H])c([2H])c5[2H])cccc4n6c23)c([2H])c1[2H]. The van der Waals surface area contributed by atoms with Crippen LogP contribution in [0.15, 0.2) is 194 Å². The van der Waals surface area contributed by atoms with Crippen LogP contribution in [0.5, 0.6) is 0 Å². The second-order valence-corrected chi connectivity index (χ2v) is 22.6. The zero-order chi connectivity index (χ0) is 50.8. The molecule has 4 heterocycles. The second-order valence-electron chi connectivity index (χ2n) is 17.6. The van der Waals surface area contributed by atoms with Gasteiger partial charge in [0.15, 0.2) is 0 Å². The Balaban J connectivity index is 1.09. The molecule has 5 heteroatoms. The Bertz CT molecular complexity index is 4440. The van der Waals surface area contributed by atoms with Crippen molar-refractivity contribution in [3.05, 3.63) is 199 Å². The van der Waals surface area contributed by atoms with Gasteiger partial charge < -0.3 is 18.6 Å². The summed E-state index contributed by atoms with van der Waals surface area (Å²) in [4.78, 5) is 3.64. The average molecular weight is 835 g/mol. The maximum Gasteiger partial charge on any atom is 0.0775 e. The number of anilines is 6. The molecular weight excluding hydrogens is 781 g/mol. The van der Waals surface area contributed by atoms with Gasteiger partial charge in [0.2, 0.25) is 0 Å². The molecule has 0 unspecified atom stereocenters. The van der Waals surface area contributed by atoms with Crippen LogP contribution in [0.3, 0.4) is 0 Å². The molecule has 0 aliphatic carbocycles. The number of fused-ring (bicyclic) bond motifs is 12. The molecule has 4 nitrogen and oxygen atoms in total. The highest BCUT2D eigenvalue weighted by atomic mass is 28.3. The number of rotatable bonds is 7. The zero-order valence-electron chi connectivity index (χ0n) is 45.0.